The number of rotatable bonds is 8. The Morgan fingerprint density at radius 3 is 2.15 bits per heavy atom. The first kappa shape index (κ1) is 25.0. The molecule has 1 heterocycles. The van der Waals surface area contributed by atoms with Crippen molar-refractivity contribution >= 4 is 22.6 Å². The van der Waals surface area contributed by atoms with Gasteiger partial charge in [0.1, 0.15) is 16.9 Å². The van der Waals surface area contributed by atoms with E-state index in [1.807, 2.05) is 71.0 Å². The topological polar surface area (TPSA) is 89.4 Å². The third-order valence-corrected chi connectivity index (χ3v) is 5.72. The summed E-state index contributed by atoms with van der Waals surface area (Å²) < 4.78 is 6.99. The molecule has 0 bridgehead atoms. The Morgan fingerprint density at radius 1 is 0.912 bits per heavy atom. The van der Waals surface area contributed by atoms with Crippen LogP contribution in [0.4, 0.5) is 0 Å². The smallest absolute Gasteiger partial charge is 0.257 e. The highest BCUT2D eigenvalue weighted by atomic mass is 16.5. The van der Waals surface area contributed by atoms with Gasteiger partial charge in [-0.05, 0) is 61.2 Å². The minimum Gasteiger partial charge on any atom is -0.497 e. The molecule has 0 aliphatic rings. The van der Waals surface area contributed by atoms with Crippen LogP contribution in [0.1, 0.15) is 73.0 Å². The fourth-order valence-corrected chi connectivity index (χ4v) is 3.61. The quantitative estimate of drug-likeness (QED) is 0.516. The van der Waals surface area contributed by atoms with Gasteiger partial charge in [0.15, 0.2) is 0 Å². The molecule has 0 fully saturated rings. The molecule has 0 aliphatic carbocycles. The van der Waals surface area contributed by atoms with E-state index >= 15 is 0 Å². The van der Waals surface area contributed by atoms with Gasteiger partial charge in [0.2, 0.25) is 5.43 Å². The summed E-state index contributed by atoms with van der Waals surface area (Å²) >= 11 is 0. The van der Waals surface area contributed by atoms with Crippen LogP contribution >= 0.6 is 0 Å². The number of amides is 2. The Hall–Kier alpha value is -3.61. The molecule has 2 aromatic carbocycles. The third-order valence-electron chi connectivity index (χ3n) is 5.72. The summed E-state index contributed by atoms with van der Waals surface area (Å²) in [7, 11) is 1.63. The maximum Gasteiger partial charge on any atom is 0.257 e. The summed E-state index contributed by atoms with van der Waals surface area (Å²) in [6.07, 6.45) is 3.03. The van der Waals surface area contributed by atoms with E-state index < -0.39 is 17.2 Å². The number of ether oxygens (including phenoxy) is 1. The Kier molecular flexibility index (Phi) is 7.76. The van der Waals surface area contributed by atoms with Gasteiger partial charge in [-0.3, -0.25) is 14.4 Å². The van der Waals surface area contributed by atoms with E-state index in [4.69, 9.17) is 4.74 Å². The van der Waals surface area contributed by atoms with Gasteiger partial charge in [0.25, 0.3) is 11.8 Å². The maximum atomic E-state index is 13.1. The summed E-state index contributed by atoms with van der Waals surface area (Å²) in [4.78, 5) is 38.9. The molecule has 0 spiro atoms. The number of pyridine rings is 1. The number of hydrogen-bond acceptors (Lipinski definition) is 4. The molecule has 34 heavy (non-hydrogen) atoms. The van der Waals surface area contributed by atoms with Gasteiger partial charge in [-0.25, -0.2) is 0 Å². The molecule has 0 saturated carbocycles. The number of nitrogens with one attached hydrogen (secondary N) is 2. The largest absolute Gasteiger partial charge is 0.497 e. The van der Waals surface area contributed by atoms with Crippen molar-refractivity contribution in [2.24, 2.45) is 5.92 Å². The minimum atomic E-state index is -0.575. The summed E-state index contributed by atoms with van der Waals surface area (Å²) in [5.41, 5.74) is 0.243. The number of benzene rings is 2. The molecule has 7 nitrogen and oxygen atoms in total. The molecule has 2 amide bonds. The van der Waals surface area contributed by atoms with Crippen molar-refractivity contribution in [2.75, 3.05) is 13.7 Å². The number of fused-ring (bicyclic) bond motifs is 1. The lowest BCUT2D eigenvalue weighted by Crippen LogP contribution is -2.37. The van der Waals surface area contributed by atoms with Crippen LogP contribution in [0, 0.1) is 5.92 Å². The van der Waals surface area contributed by atoms with E-state index in [0.717, 1.165) is 22.1 Å². The summed E-state index contributed by atoms with van der Waals surface area (Å²) in [5.74, 6) is 0.0352. The lowest BCUT2D eigenvalue weighted by atomic mass is 10.0. The molecule has 3 aromatic rings. The van der Waals surface area contributed by atoms with Crippen molar-refractivity contribution in [3.63, 3.8) is 0 Å². The normalized spacial score (nSPS) is 12.1. The van der Waals surface area contributed by atoms with Crippen molar-refractivity contribution in [3.8, 4) is 5.75 Å². The van der Waals surface area contributed by atoms with Crippen LogP contribution in [0.3, 0.4) is 0 Å². The van der Waals surface area contributed by atoms with Crippen LogP contribution in [-0.2, 0) is 0 Å². The summed E-state index contributed by atoms with van der Waals surface area (Å²) in [6.45, 7) is 10.1. The number of nitrogens with zero attached hydrogens (tertiary/aromatic N) is 1. The van der Waals surface area contributed by atoms with E-state index in [2.05, 4.69) is 10.6 Å². The molecule has 3 rings (SSSR count). The van der Waals surface area contributed by atoms with Gasteiger partial charge >= 0.3 is 0 Å². The fraction of sp³-hybridized carbons (Fsp3) is 0.370. The van der Waals surface area contributed by atoms with Crippen LogP contribution in [0.5, 0.6) is 5.75 Å². The van der Waals surface area contributed by atoms with Crippen molar-refractivity contribution in [3.05, 3.63) is 75.7 Å². The predicted octanol–water partition coefficient (Wildman–Crippen LogP) is 4.47. The van der Waals surface area contributed by atoms with Crippen LogP contribution in [0.25, 0.3) is 10.8 Å². The second-order valence-corrected chi connectivity index (χ2v) is 9.23. The Balaban J connectivity index is 1.89. The first-order chi connectivity index (χ1) is 16.1. The molecule has 1 atom stereocenters. The molecule has 1 aromatic heterocycles. The number of hydrogen-bond donors (Lipinski definition) is 2. The lowest BCUT2D eigenvalue weighted by molar-refractivity contribution is 0.0937. The van der Waals surface area contributed by atoms with E-state index in [9.17, 15) is 14.4 Å². The van der Waals surface area contributed by atoms with E-state index in [-0.39, 0.29) is 29.1 Å². The van der Waals surface area contributed by atoms with Crippen molar-refractivity contribution in [2.45, 2.75) is 46.7 Å². The molecule has 2 N–H and O–H groups in total. The summed E-state index contributed by atoms with van der Waals surface area (Å²) in [5, 5.41) is 7.73. The molecule has 7 heteroatoms. The first-order valence-corrected chi connectivity index (χ1v) is 11.5. The Labute approximate surface area is 200 Å². The van der Waals surface area contributed by atoms with Crippen molar-refractivity contribution < 1.29 is 14.3 Å². The average molecular weight is 464 g/mol. The van der Waals surface area contributed by atoms with Crippen LogP contribution in [-0.4, -0.2) is 30.0 Å². The zero-order chi connectivity index (χ0) is 25.0. The molecule has 0 aliphatic heterocycles. The number of carbonyl (C=O) groups excluding carboxylic acids is 2. The molecule has 0 radical (unpaired) electrons. The van der Waals surface area contributed by atoms with Gasteiger partial charge < -0.3 is 19.9 Å². The molecule has 180 valence electrons. The van der Waals surface area contributed by atoms with Gasteiger partial charge in [0, 0.05) is 25.0 Å². The van der Waals surface area contributed by atoms with Gasteiger partial charge in [-0.2, -0.15) is 0 Å². The minimum absolute atomic E-state index is 0.0290. The van der Waals surface area contributed by atoms with E-state index in [1.54, 1.807) is 11.7 Å². The van der Waals surface area contributed by atoms with E-state index in [1.165, 1.54) is 12.4 Å². The first-order valence-electron chi connectivity index (χ1n) is 11.5. The van der Waals surface area contributed by atoms with Crippen LogP contribution in [0.15, 0.2) is 53.6 Å². The zero-order valence-corrected chi connectivity index (χ0v) is 20.6. The van der Waals surface area contributed by atoms with Crippen molar-refractivity contribution in [1.82, 2.24) is 15.2 Å². The second-order valence-electron chi connectivity index (χ2n) is 9.23. The monoisotopic (exact) mass is 463 g/mol. The highest BCUT2D eigenvalue weighted by Crippen LogP contribution is 2.24. The molecular formula is C27H33N3O4. The van der Waals surface area contributed by atoms with Crippen LogP contribution < -0.4 is 20.8 Å². The maximum absolute atomic E-state index is 13.1. The molecular weight excluding hydrogens is 430 g/mol. The second kappa shape index (κ2) is 10.5. The number of methoxy groups -OCH3 is 1. The fourth-order valence-electron chi connectivity index (χ4n) is 3.61. The predicted molar refractivity (Wildman–Crippen MR) is 135 cm³/mol. The number of carbonyl (C=O) groups is 2. The molecule has 0 unspecified atom stereocenters. The van der Waals surface area contributed by atoms with Crippen molar-refractivity contribution in [1.29, 1.82) is 0 Å². The highest BCUT2D eigenvalue weighted by molar-refractivity contribution is 5.99. The van der Waals surface area contributed by atoms with Gasteiger partial charge in [-0.1, -0.05) is 32.0 Å². The van der Waals surface area contributed by atoms with Crippen LogP contribution in [0.2, 0.25) is 0 Å². The average Bonchev–Trinajstić information content (AvgIpc) is 2.81. The van der Waals surface area contributed by atoms with Gasteiger partial charge in [0.05, 0.1) is 13.2 Å². The summed E-state index contributed by atoms with van der Waals surface area (Å²) in [6, 6.07) is 11.3. The van der Waals surface area contributed by atoms with E-state index in [0.29, 0.717) is 6.54 Å². The zero-order valence-electron chi connectivity index (χ0n) is 20.6. The Morgan fingerprint density at radius 2 is 1.53 bits per heavy atom. The highest BCUT2D eigenvalue weighted by Gasteiger charge is 2.21. The van der Waals surface area contributed by atoms with Gasteiger partial charge in [-0.15, -0.1) is 0 Å². The molecule has 0 saturated heterocycles. The SMILES string of the molecule is COc1ccc2cc([C@@H](C)NC(=O)c3cn(C(C)C)cc(C(=O)NCC(C)C)c3=O)ccc2c1. The Bertz CT molecular complexity index is 1260. The number of aromatic nitrogens is 1. The lowest BCUT2D eigenvalue weighted by Gasteiger charge is -2.18. The standard InChI is InChI=1S/C27H33N3O4/c1-16(2)13-28-26(32)23-14-30(17(3)4)15-24(25(23)31)27(33)29-18(5)19-7-8-21-12-22(34-6)10-9-20(21)11-19/h7-12,14-18H,13H2,1-6H3,(H,28,32)(H,29,33)/t18-/m1/s1. The third kappa shape index (κ3) is 5.65.